The van der Waals surface area contributed by atoms with Crippen LogP contribution >= 0.6 is 0 Å². The summed E-state index contributed by atoms with van der Waals surface area (Å²) in [6.07, 6.45) is -0.101. The maximum Gasteiger partial charge on any atom is 0.266 e. The summed E-state index contributed by atoms with van der Waals surface area (Å²) < 4.78 is 11.2. The first-order valence-electron chi connectivity index (χ1n) is 12.1. The number of benzene rings is 3. The molecule has 0 aromatic heterocycles. The summed E-state index contributed by atoms with van der Waals surface area (Å²) >= 11 is 0. The van der Waals surface area contributed by atoms with Crippen molar-refractivity contribution in [3.8, 4) is 17.2 Å². The van der Waals surface area contributed by atoms with Crippen molar-refractivity contribution in [1.29, 1.82) is 0 Å². The van der Waals surface area contributed by atoms with Crippen LogP contribution in [0.25, 0.3) is 0 Å². The molecule has 0 unspecified atom stereocenters. The van der Waals surface area contributed by atoms with Crippen LogP contribution in [0.1, 0.15) is 31.9 Å². The van der Waals surface area contributed by atoms with E-state index in [-0.39, 0.29) is 11.7 Å². The van der Waals surface area contributed by atoms with Gasteiger partial charge in [-0.3, -0.25) is 14.4 Å². The zero-order chi connectivity index (χ0) is 25.2. The molecule has 3 aromatic rings. The third kappa shape index (κ3) is 4.13. The number of amides is 2. The van der Waals surface area contributed by atoms with Gasteiger partial charge in [0.25, 0.3) is 5.91 Å². The van der Waals surface area contributed by atoms with E-state index in [0.29, 0.717) is 41.7 Å². The Morgan fingerprint density at radius 3 is 2.33 bits per heavy atom. The molecule has 36 heavy (non-hydrogen) atoms. The number of carbonyl (C=O) groups excluding carboxylic acids is 2. The molecule has 2 fully saturated rings. The van der Waals surface area contributed by atoms with E-state index in [0.717, 1.165) is 6.42 Å². The zero-order valence-corrected chi connectivity index (χ0v) is 20.2. The molecule has 8 heteroatoms. The predicted molar refractivity (Wildman–Crippen MR) is 134 cm³/mol. The number of hydrogen-bond acceptors (Lipinski definition) is 7. The lowest BCUT2D eigenvalue weighted by Crippen LogP contribution is -2.37. The number of phenols is 1. The first kappa shape index (κ1) is 23.7. The molecule has 2 amide bonds. The largest absolute Gasteiger partial charge is 0.504 e. The second kappa shape index (κ2) is 9.91. The molecular weight excluding hydrogens is 460 g/mol. The van der Waals surface area contributed by atoms with Gasteiger partial charge in [-0.2, -0.15) is 0 Å². The van der Waals surface area contributed by atoms with E-state index < -0.39 is 24.0 Å². The molecule has 5 rings (SSSR count). The highest BCUT2D eigenvalue weighted by Gasteiger charge is 2.60. The lowest BCUT2D eigenvalue weighted by atomic mass is 9.90. The van der Waals surface area contributed by atoms with Crippen molar-refractivity contribution in [2.45, 2.75) is 32.4 Å². The third-order valence-corrected chi connectivity index (χ3v) is 6.32. The molecule has 0 radical (unpaired) electrons. The van der Waals surface area contributed by atoms with Crippen LogP contribution in [0.4, 0.5) is 11.4 Å². The lowest BCUT2D eigenvalue weighted by Gasteiger charge is -2.29. The quantitative estimate of drug-likeness (QED) is 0.463. The minimum Gasteiger partial charge on any atom is -0.504 e. The number of fused-ring (bicyclic) bond motifs is 1. The van der Waals surface area contributed by atoms with Gasteiger partial charge in [-0.25, -0.2) is 9.96 Å². The molecule has 2 saturated heterocycles. The van der Waals surface area contributed by atoms with Crippen LogP contribution in [-0.2, 0) is 14.4 Å². The fourth-order valence-corrected chi connectivity index (χ4v) is 4.70. The van der Waals surface area contributed by atoms with Crippen LogP contribution in [0.5, 0.6) is 17.2 Å². The molecular formula is C28H28N2O6. The molecule has 1 N–H and O–H groups in total. The van der Waals surface area contributed by atoms with Crippen molar-refractivity contribution in [2.75, 3.05) is 23.2 Å². The van der Waals surface area contributed by atoms with Crippen molar-refractivity contribution in [3.05, 3.63) is 78.4 Å². The average Bonchev–Trinajstić information content (AvgIpc) is 3.41. The van der Waals surface area contributed by atoms with Crippen molar-refractivity contribution >= 4 is 23.2 Å². The maximum atomic E-state index is 13.8. The molecule has 0 aliphatic carbocycles. The van der Waals surface area contributed by atoms with E-state index in [9.17, 15) is 14.7 Å². The van der Waals surface area contributed by atoms with Crippen LogP contribution in [0, 0.1) is 5.92 Å². The fourth-order valence-electron chi connectivity index (χ4n) is 4.70. The topological polar surface area (TPSA) is 88.5 Å². The SMILES string of the molecule is CCCOc1ccc(N2C(=O)[C@H]3[C@@H](c4ccc(O)c(OCC)c4)N(c4ccccc4)O[C@H]3C2=O)cc1. The number of anilines is 2. The predicted octanol–water partition coefficient (Wildman–Crippen LogP) is 4.63. The van der Waals surface area contributed by atoms with Gasteiger partial charge in [0.15, 0.2) is 17.6 Å². The smallest absolute Gasteiger partial charge is 0.266 e. The molecule has 8 nitrogen and oxygen atoms in total. The summed E-state index contributed by atoms with van der Waals surface area (Å²) in [4.78, 5) is 34.6. The van der Waals surface area contributed by atoms with Crippen molar-refractivity contribution in [2.24, 2.45) is 5.92 Å². The molecule has 2 aliphatic heterocycles. The Morgan fingerprint density at radius 1 is 0.889 bits per heavy atom. The second-order valence-corrected chi connectivity index (χ2v) is 8.67. The van der Waals surface area contributed by atoms with Crippen molar-refractivity contribution < 1.29 is 29.0 Å². The van der Waals surface area contributed by atoms with E-state index >= 15 is 0 Å². The number of hydroxylamine groups is 1. The van der Waals surface area contributed by atoms with Crippen LogP contribution in [0.15, 0.2) is 72.8 Å². The van der Waals surface area contributed by atoms with Gasteiger partial charge < -0.3 is 14.6 Å². The third-order valence-electron chi connectivity index (χ3n) is 6.32. The molecule has 2 heterocycles. The number of rotatable bonds is 8. The maximum absolute atomic E-state index is 13.8. The first-order chi connectivity index (χ1) is 17.5. The van der Waals surface area contributed by atoms with Gasteiger partial charge in [-0.1, -0.05) is 31.2 Å². The van der Waals surface area contributed by atoms with E-state index in [2.05, 4.69) is 0 Å². The summed E-state index contributed by atoms with van der Waals surface area (Å²) in [5.41, 5.74) is 1.88. The summed E-state index contributed by atoms with van der Waals surface area (Å²) in [5, 5.41) is 11.8. The Morgan fingerprint density at radius 2 is 1.64 bits per heavy atom. The summed E-state index contributed by atoms with van der Waals surface area (Å²) in [6.45, 7) is 4.81. The molecule has 0 saturated carbocycles. The zero-order valence-electron chi connectivity index (χ0n) is 20.2. The van der Waals surface area contributed by atoms with Gasteiger partial charge in [-0.05, 0) is 67.4 Å². The van der Waals surface area contributed by atoms with Crippen LogP contribution in [0.2, 0.25) is 0 Å². The normalized spacial score (nSPS) is 21.1. The number of para-hydroxylation sites is 1. The highest BCUT2D eigenvalue weighted by Crippen LogP contribution is 2.48. The van der Waals surface area contributed by atoms with Crippen molar-refractivity contribution in [1.82, 2.24) is 0 Å². The Balaban J connectivity index is 1.52. The Bertz CT molecular complexity index is 1250. The van der Waals surface area contributed by atoms with Gasteiger partial charge in [-0.15, -0.1) is 0 Å². The number of carbonyl (C=O) groups is 2. The standard InChI is InChI=1S/C28H28N2O6/c1-3-16-35-21-13-11-19(12-14-21)29-27(32)24-25(18-10-15-22(31)23(17-18)34-4-2)30(36-26(24)28(29)33)20-8-6-5-7-9-20/h5-15,17,24-26,31H,3-4,16H2,1-2H3/t24-,25+,26+/m0/s1. The number of aromatic hydroxyl groups is 1. The Labute approximate surface area is 209 Å². The molecule has 3 atom stereocenters. The minimum absolute atomic E-state index is 0.00293. The van der Waals surface area contributed by atoms with Crippen LogP contribution in [-0.4, -0.2) is 36.2 Å². The second-order valence-electron chi connectivity index (χ2n) is 8.67. The molecule has 2 aliphatic rings. The Kier molecular flexibility index (Phi) is 6.52. The Hall–Kier alpha value is -4.04. The van der Waals surface area contributed by atoms with Gasteiger partial charge in [0.2, 0.25) is 5.91 Å². The number of phenolic OH excluding ortho intramolecular Hbond substituents is 1. The summed E-state index contributed by atoms with van der Waals surface area (Å²) in [5.74, 6) is -0.559. The molecule has 0 bridgehead atoms. The first-order valence-corrected chi connectivity index (χ1v) is 12.1. The van der Waals surface area contributed by atoms with Gasteiger partial charge in [0.05, 0.1) is 30.6 Å². The number of imide groups is 1. The van der Waals surface area contributed by atoms with E-state index in [4.69, 9.17) is 14.3 Å². The average molecular weight is 489 g/mol. The number of ether oxygens (including phenoxy) is 2. The van der Waals surface area contributed by atoms with E-state index in [1.807, 2.05) is 44.2 Å². The fraction of sp³-hybridized carbons (Fsp3) is 0.286. The highest BCUT2D eigenvalue weighted by atomic mass is 16.7. The van der Waals surface area contributed by atoms with E-state index in [1.165, 1.54) is 11.0 Å². The number of nitrogens with zero attached hydrogens (tertiary/aromatic N) is 2. The van der Waals surface area contributed by atoms with Gasteiger partial charge in [0.1, 0.15) is 11.7 Å². The van der Waals surface area contributed by atoms with Crippen molar-refractivity contribution in [3.63, 3.8) is 0 Å². The van der Waals surface area contributed by atoms with E-state index in [1.54, 1.807) is 41.5 Å². The summed E-state index contributed by atoms with van der Waals surface area (Å²) in [7, 11) is 0. The number of hydrogen-bond donors (Lipinski definition) is 1. The molecule has 0 spiro atoms. The van der Waals surface area contributed by atoms with Gasteiger partial charge in [0, 0.05) is 0 Å². The lowest BCUT2D eigenvalue weighted by molar-refractivity contribution is -0.126. The highest BCUT2D eigenvalue weighted by molar-refractivity contribution is 6.23. The molecule has 186 valence electrons. The van der Waals surface area contributed by atoms with Crippen LogP contribution in [0.3, 0.4) is 0 Å². The van der Waals surface area contributed by atoms with Gasteiger partial charge >= 0.3 is 0 Å². The summed E-state index contributed by atoms with van der Waals surface area (Å²) in [6, 6.07) is 20.6. The molecule has 3 aromatic carbocycles. The monoisotopic (exact) mass is 488 g/mol. The minimum atomic E-state index is -0.983. The van der Waals surface area contributed by atoms with Crippen LogP contribution < -0.4 is 19.4 Å².